The van der Waals surface area contributed by atoms with E-state index in [2.05, 4.69) is 203 Å². The van der Waals surface area contributed by atoms with Crippen molar-refractivity contribution in [2.75, 3.05) is 10.2 Å². The van der Waals surface area contributed by atoms with Crippen molar-refractivity contribution < 1.29 is 0 Å². The van der Waals surface area contributed by atoms with Crippen LogP contribution in [0.25, 0.3) is 70.9 Å². The molecule has 2 heterocycles. The Labute approximate surface area is 301 Å². The van der Waals surface area contributed by atoms with Crippen molar-refractivity contribution in [1.82, 2.24) is 4.57 Å². The minimum absolute atomic E-state index is 0.0253. The fourth-order valence-corrected chi connectivity index (χ4v) is 8.59. The van der Waals surface area contributed by atoms with E-state index in [1.54, 1.807) is 0 Å². The molecule has 1 atom stereocenters. The second kappa shape index (κ2) is 11.3. The summed E-state index contributed by atoms with van der Waals surface area (Å²) >= 11 is 0. The van der Waals surface area contributed by atoms with Crippen LogP contribution >= 0.6 is 0 Å². The van der Waals surface area contributed by atoms with Gasteiger partial charge in [-0.1, -0.05) is 140 Å². The molecule has 0 bridgehead atoms. The van der Waals surface area contributed by atoms with Crippen molar-refractivity contribution in [3.8, 4) is 16.8 Å². The molecule has 0 fully saturated rings. The van der Waals surface area contributed by atoms with Gasteiger partial charge < -0.3 is 14.8 Å². The summed E-state index contributed by atoms with van der Waals surface area (Å²) in [5.41, 5.74) is 10.7. The van der Waals surface area contributed by atoms with Gasteiger partial charge in [0.05, 0.1) is 22.4 Å². The van der Waals surface area contributed by atoms with E-state index in [1.165, 1.54) is 76.5 Å². The highest BCUT2D eigenvalue weighted by Crippen LogP contribution is 2.51. The molecule has 244 valence electrons. The Morgan fingerprint density at radius 2 is 1.06 bits per heavy atom. The summed E-state index contributed by atoms with van der Waals surface area (Å²) in [6.07, 6.45) is -0.0253. The Hall–Kier alpha value is -6.84. The van der Waals surface area contributed by atoms with Gasteiger partial charge in [-0.25, -0.2) is 0 Å². The lowest BCUT2D eigenvalue weighted by atomic mass is 9.95. The van der Waals surface area contributed by atoms with Crippen molar-refractivity contribution in [3.05, 3.63) is 194 Å². The van der Waals surface area contributed by atoms with Gasteiger partial charge in [0, 0.05) is 27.5 Å². The van der Waals surface area contributed by atoms with Crippen molar-refractivity contribution in [2.45, 2.75) is 6.17 Å². The molecule has 0 amide bonds. The lowest BCUT2D eigenvalue weighted by Crippen LogP contribution is -2.23. The summed E-state index contributed by atoms with van der Waals surface area (Å²) in [7, 11) is 0. The third-order valence-electron chi connectivity index (χ3n) is 10.9. The van der Waals surface area contributed by atoms with Gasteiger partial charge in [-0.2, -0.15) is 0 Å². The van der Waals surface area contributed by atoms with Gasteiger partial charge >= 0.3 is 0 Å². The molecule has 1 unspecified atom stereocenters. The molecular formula is C49H33N3. The molecule has 9 aromatic carbocycles. The number of hydrogen-bond donors (Lipinski definition) is 1. The fourth-order valence-electron chi connectivity index (χ4n) is 8.59. The zero-order valence-corrected chi connectivity index (χ0v) is 28.4. The first-order valence-corrected chi connectivity index (χ1v) is 18.0. The van der Waals surface area contributed by atoms with E-state index < -0.39 is 0 Å². The topological polar surface area (TPSA) is 20.2 Å². The van der Waals surface area contributed by atoms with E-state index in [0.29, 0.717) is 0 Å². The minimum atomic E-state index is -0.0253. The number of nitrogens with one attached hydrogen (secondary N) is 1. The predicted octanol–water partition coefficient (Wildman–Crippen LogP) is 13.2. The van der Waals surface area contributed by atoms with Gasteiger partial charge in [0.15, 0.2) is 0 Å². The van der Waals surface area contributed by atoms with E-state index >= 15 is 0 Å². The highest BCUT2D eigenvalue weighted by molar-refractivity contribution is 6.21. The molecule has 0 radical (unpaired) electrons. The molecule has 3 heteroatoms. The first-order chi connectivity index (χ1) is 25.8. The minimum Gasteiger partial charge on any atom is -0.359 e. The largest absolute Gasteiger partial charge is 0.359 e. The molecule has 10 aromatic rings. The average molecular weight is 664 g/mol. The Bertz CT molecular complexity index is 3000. The Morgan fingerprint density at radius 3 is 1.94 bits per heavy atom. The van der Waals surface area contributed by atoms with Crippen LogP contribution in [0.4, 0.5) is 17.1 Å². The van der Waals surface area contributed by atoms with E-state index in [1.807, 2.05) is 0 Å². The summed E-state index contributed by atoms with van der Waals surface area (Å²) in [6, 6.07) is 68.6. The summed E-state index contributed by atoms with van der Waals surface area (Å²) in [4.78, 5) is 2.48. The number of para-hydroxylation sites is 2. The lowest BCUT2D eigenvalue weighted by Gasteiger charge is -2.28. The highest BCUT2D eigenvalue weighted by atomic mass is 15.3. The highest BCUT2D eigenvalue weighted by Gasteiger charge is 2.33. The first-order valence-electron chi connectivity index (χ1n) is 18.0. The third-order valence-corrected chi connectivity index (χ3v) is 10.9. The normalized spacial score (nSPS) is 14.1. The molecule has 0 saturated carbocycles. The monoisotopic (exact) mass is 663 g/mol. The molecular weight excluding hydrogens is 631 g/mol. The lowest BCUT2D eigenvalue weighted by molar-refractivity contribution is 0.830. The number of rotatable bonds is 4. The smallest absolute Gasteiger partial charge is 0.130 e. The summed E-state index contributed by atoms with van der Waals surface area (Å²) in [5.74, 6) is 0. The van der Waals surface area contributed by atoms with Gasteiger partial charge in [-0.3, -0.25) is 0 Å². The van der Waals surface area contributed by atoms with Crippen LogP contribution in [0.5, 0.6) is 0 Å². The van der Waals surface area contributed by atoms with Crippen molar-refractivity contribution in [1.29, 1.82) is 0 Å². The van der Waals surface area contributed by atoms with Crippen molar-refractivity contribution in [3.63, 3.8) is 0 Å². The molecule has 0 spiro atoms. The predicted molar refractivity (Wildman–Crippen MR) is 220 cm³/mol. The molecule has 0 saturated heterocycles. The van der Waals surface area contributed by atoms with Gasteiger partial charge in [0.25, 0.3) is 0 Å². The molecule has 1 N–H and O–H groups in total. The van der Waals surface area contributed by atoms with E-state index in [-0.39, 0.29) is 6.17 Å². The van der Waals surface area contributed by atoms with Crippen LogP contribution in [0.2, 0.25) is 0 Å². The maximum atomic E-state index is 3.89. The van der Waals surface area contributed by atoms with Crippen LogP contribution in [-0.4, -0.2) is 4.57 Å². The van der Waals surface area contributed by atoms with Crippen LogP contribution in [0, 0.1) is 0 Å². The van der Waals surface area contributed by atoms with Crippen LogP contribution in [0.3, 0.4) is 0 Å². The van der Waals surface area contributed by atoms with Gasteiger partial charge in [0.2, 0.25) is 0 Å². The van der Waals surface area contributed by atoms with Crippen LogP contribution in [-0.2, 0) is 0 Å². The SMILES string of the molecule is c1ccc(C2Nc3ccc4ccc5ccc(-c6cccc(-n7c8ccccc8c8c9ccccc9ccc87)c6)cc5c4c3N2c2ccccc2)cc1. The summed E-state index contributed by atoms with van der Waals surface area (Å²) in [6.45, 7) is 0. The molecule has 1 aliphatic heterocycles. The van der Waals surface area contributed by atoms with E-state index in [0.717, 1.165) is 17.1 Å². The van der Waals surface area contributed by atoms with Crippen LogP contribution < -0.4 is 10.2 Å². The molecule has 3 nitrogen and oxygen atoms in total. The molecule has 11 rings (SSSR count). The number of hydrogen-bond acceptors (Lipinski definition) is 2. The molecule has 52 heavy (non-hydrogen) atoms. The van der Waals surface area contributed by atoms with Crippen LogP contribution in [0.15, 0.2) is 188 Å². The maximum Gasteiger partial charge on any atom is 0.130 e. The van der Waals surface area contributed by atoms with Gasteiger partial charge in [0.1, 0.15) is 6.17 Å². The fraction of sp³-hybridized carbons (Fsp3) is 0.0204. The molecule has 1 aromatic heterocycles. The zero-order valence-electron chi connectivity index (χ0n) is 28.4. The summed E-state index contributed by atoms with van der Waals surface area (Å²) < 4.78 is 2.43. The Kier molecular flexibility index (Phi) is 6.31. The molecule has 1 aliphatic rings. The van der Waals surface area contributed by atoms with Gasteiger partial charge in [-0.05, 0) is 92.2 Å². The quantitative estimate of drug-likeness (QED) is 0.189. The number of benzene rings is 9. The van der Waals surface area contributed by atoms with Gasteiger partial charge in [-0.15, -0.1) is 0 Å². The van der Waals surface area contributed by atoms with Crippen molar-refractivity contribution in [2.24, 2.45) is 0 Å². The Balaban J connectivity index is 1.11. The van der Waals surface area contributed by atoms with Crippen LogP contribution in [0.1, 0.15) is 11.7 Å². The number of aromatic nitrogens is 1. The second-order valence-corrected chi connectivity index (χ2v) is 13.8. The van der Waals surface area contributed by atoms with E-state index in [9.17, 15) is 0 Å². The number of nitrogens with zero attached hydrogens (tertiary/aromatic N) is 2. The Morgan fingerprint density at radius 1 is 0.404 bits per heavy atom. The number of fused-ring (bicyclic) bond motifs is 10. The van der Waals surface area contributed by atoms with E-state index in [4.69, 9.17) is 0 Å². The first kappa shape index (κ1) is 28.9. The number of anilines is 3. The standard InChI is InChI=1S/C49H33N3/c1-3-13-35(14-4-1)49-50-43-28-26-34-24-22-33-23-25-37(31-42(33)46(34)48(43)52(49)38-16-5-2-6-17-38)36-15-11-18-39(30-36)51-44-21-10-9-20-41(44)47-40-19-8-7-12-32(40)27-29-45(47)51/h1-31,49-50H. The maximum absolute atomic E-state index is 3.89. The average Bonchev–Trinajstić information content (AvgIpc) is 3.78. The zero-order chi connectivity index (χ0) is 34.2. The third kappa shape index (κ3) is 4.33. The van der Waals surface area contributed by atoms with Crippen molar-refractivity contribution >= 4 is 71.2 Å². The molecule has 0 aliphatic carbocycles. The summed E-state index contributed by atoms with van der Waals surface area (Å²) in [5, 5.41) is 14.0. The second-order valence-electron chi connectivity index (χ2n) is 13.8.